The summed E-state index contributed by atoms with van der Waals surface area (Å²) >= 11 is 0. The van der Waals surface area contributed by atoms with E-state index >= 15 is 0 Å². The number of carbonyl (C=O) groups excluding carboxylic acids is 1. The zero-order valence-corrected chi connectivity index (χ0v) is 10.4. The van der Waals surface area contributed by atoms with Gasteiger partial charge in [-0.2, -0.15) is 0 Å². The molecule has 3 N–H and O–H groups in total. The maximum atomic E-state index is 11.4. The molecule has 0 unspecified atom stereocenters. The second-order valence-corrected chi connectivity index (χ2v) is 4.81. The third kappa shape index (κ3) is 4.10. The first-order valence-electron chi connectivity index (χ1n) is 6.26. The Balaban J connectivity index is 2.18. The lowest BCUT2D eigenvalue weighted by Gasteiger charge is -2.29. The van der Waals surface area contributed by atoms with Crippen LogP contribution >= 0.6 is 0 Å². The summed E-state index contributed by atoms with van der Waals surface area (Å²) in [4.78, 5) is 11.4. The molecule has 1 saturated carbocycles. The van der Waals surface area contributed by atoms with Crippen LogP contribution in [0.5, 0.6) is 0 Å². The van der Waals surface area contributed by atoms with E-state index in [-0.39, 0.29) is 17.9 Å². The molecular weight excluding hydrogens is 204 g/mol. The fourth-order valence-corrected chi connectivity index (χ4v) is 1.73. The maximum absolute atomic E-state index is 11.4. The summed E-state index contributed by atoms with van der Waals surface area (Å²) in [6.07, 6.45) is 4.10. The molecule has 1 aliphatic carbocycles. The Morgan fingerprint density at radius 2 is 2.00 bits per heavy atom. The number of aliphatic hydroxyl groups excluding tert-OH is 1. The van der Waals surface area contributed by atoms with Gasteiger partial charge in [-0.3, -0.25) is 4.79 Å². The van der Waals surface area contributed by atoms with E-state index in [0.29, 0.717) is 19.1 Å². The van der Waals surface area contributed by atoms with E-state index in [9.17, 15) is 9.90 Å². The van der Waals surface area contributed by atoms with Crippen LogP contribution in [0.2, 0.25) is 0 Å². The smallest absolute Gasteiger partial charge is 0.234 e. The van der Waals surface area contributed by atoms with Gasteiger partial charge in [0.05, 0.1) is 6.54 Å². The molecule has 4 nitrogen and oxygen atoms in total. The molecule has 1 fully saturated rings. The summed E-state index contributed by atoms with van der Waals surface area (Å²) in [7, 11) is 0. The molecule has 0 atom stereocenters. The van der Waals surface area contributed by atoms with Gasteiger partial charge < -0.3 is 15.7 Å². The molecule has 0 radical (unpaired) electrons. The van der Waals surface area contributed by atoms with Gasteiger partial charge in [0, 0.05) is 24.6 Å². The van der Waals surface area contributed by atoms with Crippen molar-refractivity contribution in [1.82, 2.24) is 10.6 Å². The summed E-state index contributed by atoms with van der Waals surface area (Å²) in [5.74, 6) is 0.0709. The highest BCUT2D eigenvalue weighted by atomic mass is 16.3. The van der Waals surface area contributed by atoms with Gasteiger partial charge in [0.1, 0.15) is 0 Å². The third-order valence-corrected chi connectivity index (χ3v) is 3.56. The first kappa shape index (κ1) is 13.5. The van der Waals surface area contributed by atoms with Crippen molar-refractivity contribution >= 4 is 5.91 Å². The minimum Gasteiger partial charge on any atom is -0.396 e. The van der Waals surface area contributed by atoms with Crippen LogP contribution in [0.1, 0.15) is 39.5 Å². The zero-order chi connectivity index (χ0) is 12.0. The standard InChI is InChI=1S/C12H24N2O2/c1-3-12(4-2,9-15)8-13-7-11(16)14-10-5-6-10/h10,13,15H,3-9H2,1-2H3,(H,14,16). The van der Waals surface area contributed by atoms with E-state index in [1.807, 2.05) is 0 Å². The van der Waals surface area contributed by atoms with E-state index in [4.69, 9.17) is 0 Å². The molecule has 0 aromatic heterocycles. The molecular formula is C12H24N2O2. The molecule has 0 aliphatic heterocycles. The lowest BCUT2D eigenvalue weighted by molar-refractivity contribution is -0.120. The van der Waals surface area contributed by atoms with Gasteiger partial charge in [-0.1, -0.05) is 13.8 Å². The predicted octanol–water partition coefficient (Wildman–Crippen LogP) is 0.653. The first-order valence-corrected chi connectivity index (χ1v) is 6.26. The zero-order valence-electron chi connectivity index (χ0n) is 10.4. The van der Waals surface area contributed by atoms with Crippen molar-refractivity contribution < 1.29 is 9.90 Å². The number of hydrogen-bond donors (Lipinski definition) is 3. The predicted molar refractivity (Wildman–Crippen MR) is 64.1 cm³/mol. The number of aliphatic hydroxyl groups is 1. The molecule has 16 heavy (non-hydrogen) atoms. The van der Waals surface area contributed by atoms with Crippen LogP contribution < -0.4 is 10.6 Å². The maximum Gasteiger partial charge on any atom is 0.234 e. The second kappa shape index (κ2) is 6.21. The summed E-state index contributed by atoms with van der Waals surface area (Å²) in [6.45, 7) is 5.39. The van der Waals surface area contributed by atoms with Crippen molar-refractivity contribution in [2.24, 2.45) is 5.41 Å². The van der Waals surface area contributed by atoms with Crippen molar-refractivity contribution in [3.05, 3.63) is 0 Å². The molecule has 0 spiro atoms. The largest absolute Gasteiger partial charge is 0.396 e. The average Bonchev–Trinajstić information content (AvgIpc) is 3.09. The molecule has 1 amide bonds. The number of hydrogen-bond acceptors (Lipinski definition) is 3. The minimum absolute atomic E-state index is 0.0696. The van der Waals surface area contributed by atoms with Crippen LogP contribution in [0.3, 0.4) is 0 Å². The molecule has 0 heterocycles. The Morgan fingerprint density at radius 3 is 2.44 bits per heavy atom. The molecule has 1 rings (SSSR count). The highest BCUT2D eigenvalue weighted by molar-refractivity contribution is 5.78. The van der Waals surface area contributed by atoms with Gasteiger partial charge in [-0.25, -0.2) is 0 Å². The Kier molecular flexibility index (Phi) is 5.22. The summed E-state index contributed by atoms with van der Waals surface area (Å²) in [6, 6.07) is 0.425. The molecule has 0 aromatic rings. The van der Waals surface area contributed by atoms with E-state index in [1.54, 1.807) is 0 Å². The molecule has 94 valence electrons. The quantitative estimate of drug-likeness (QED) is 0.572. The van der Waals surface area contributed by atoms with Crippen LogP contribution in [0.15, 0.2) is 0 Å². The van der Waals surface area contributed by atoms with Gasteiger partial charge in [0.25, 0.3) is 0 Å². The van der Waals surface area contributed by atoms with Gasteiger partial charge >= 0.3 is 0 Å². The van der Waals surface area contributed by atoms with Gasteiger partial charge in [-0.15, -0.1) is 0 Å². The first-order chi connectivity index (χ1) is 7.65. The van der Waals surface area contributed by atoms with Gasteiger partial charge in [-0.05, 0) is 25.7 Å². The van der Waals surface area contributed by atoms with Crippen LogP contribution in [-0.4, -0.2) is 36.8 Å². The van der Waals surface area contributed by atoms with Crippen molar-refractivity contribution in [2.45, 2.75) is 45.6 Å². The van der Waals surface area contributed by atoms with Crippen molar-refractivity contribution in [2.75, 3.05) is 19.7 Å². The molecule has 1 aliphatic rings. The fourth-order valence-electron chi connectivity index (χ4n) is 1.73. The van der Waals surface area contributed by atoms with E-state index in [2.05, 4.69) is 24.5 Å². The SMILES string of the molecule is CCC(CC)(CO)CNCC(=O)NC1CC1. The normalized spacial score (nSPS) is 16.2. The topological polar surface area (TPSA) is 61.4 Å². The molecule has 0 bridgehead atoms. The van der Waals surface area contributed by atoms with Crippen molar-refractivity contribution in [1.29, 1.82) is 0 Å². The Hall–Kier alpha value is -0.610. The molecule has 4 heteroatoms. The average molecular weight is 228 g/mol. The highest BCUT2D eigenvalue weighted by Crippen LogP contribution is 2.24. The monoisotopic (exact) mass is 228 g/mol. The van der Waals surface area contributed by atoms with Crippen LogP contribution in [-0.2, 0) is 4.79 Å². The van der Waals surface area contributed by atoms with Crippen molar-refractivity contribution in [3.8, 4) is 0 Å². The lowest BCUT2D eigenvalue weighted by atomic mass is 9.83. The number of nitrogens with one attached hydrogen (secondary N) is 2. The lowest BCUT2D eigenvalue weighted by Crippen LogP contribution is -2.42. The van der Waals surface area contributed by atoms with E-state index in [0.717, 1.165) is 25.7 Å². The summed E-state index contributed by atoms with van der Waals surface area (Å²) in [5, 5.41) is 15.4. The van der Waals surface area contributed by atoms with Crippen LogP contribution in [0.4, 0.5) is 0 Å². The number of rotatable bonds is 8. The molecule has 0 saturated heterocycles. The van der Waals surface area contributed by atoms with Crippen molar-refractivity contribution in [3.63, 3.8) is 0 Å². The Bertz CT molecular complexity index is 215. The number of carbonyl (C=O) groups is 1. The minimum atomic E-state index is -0.0696. The van der Waals surface area contributed by atoms with Gasteiger partial charge in [0.15, 0.2) is 0 Å². The highest BCUT2D eigenvalue weighted by Gasteiger charge is 2.26. The third-order valence-electron chi connectivity index (χ3n) is 3.56. The summed E-state index contributed by atoms with van der Waals surface area (Å²) < 4.78 is 0. The Morgan fingerprint density at radius 1 is 1.38 bits per heavy atom. The van der Waals surface area contributed by atoms with Crippen LogP contribution in [0, 0.1) is 5.41 Å². The Labute approximate surface area is 97.8 Å². The van der Waals surface area contributed by atoms with Crippen LogP contribution in [0.25, 0.3) is 0 Å². The number of amides is 1. The van der Waals surface area contributed by atoms with E-state index in [1.165, 1.54) is 0 Å². The molecule has 0 aromatic carbocycles. The second-order valence-electron chi connectivity index (χ2n) is 4.81. The van der Waals surface area contributed by atoms with Gasteiger partial charge in [0.2, 0.25) is 5.91 Å². The van der Waals surface area contributed by atoms with E-state index < -0.39 is 0 Å². The fraction of sp³-hybridized carbons (Fsp3) is 0.917. The summed E-state index contributed by atoms with van der Waals surface area (Å²) in [5.41, 5.74) is -0.0696.